The fourth-order valence-corrected chi connectivity index (χ4v) is 3.57. The van der Waals surface area contributed by atoms with Crippen LogP contribution < -0.4 is 26.6 Å². The number of amides is 1. The standard InChI is InChI=1S/C25H27N5O5/c1-17(35-20-11-6-10-19(14-20)15-26)24(32)29(12-7-13-34-2)21-22(27)30(25(33)28-23(21)31)16-18-8-4-3-5-9-18/h3-6,8-11,14,17H,7,12-13,16,27H2,1-2H3,(H,28,31,33). The number of ether oxygens (including phenoxy) is 2. The van der Waals surface area contributed by atoms with E-state index >= 15 is 0 Å². The van der Waals surface area contributed by atoms with Gasteiger partial charge in [-0.25, -0.2) is 4.79 Å². The average molecular weight is 478 g/mol. The van der Waals surface area contributed by atoms with Crippen LogP contribution in [0.15, 0.2) is 64.2 Å². The van der Waals surface area contributed by atoms with E-state index in [1.807, 2.05) is 36.4 Å². The van der Waals surface area contributed by atoms with Gasteiger partial charge in [0.25, 0.3) is 11.5 Å². The molecule has 3 N–H and O–H groups in total. The Hall–Kier alpha value is -4.36. The number of rotatable bonds is 10. The SMILES string of the molecule is COCCCN(C(=O)C(C)Oc1cccc(C#N)c1)c1c(N)n(Cc2ccccc2)c(=O)[nH]c1=O. The van der Waals surface area contributed by atoms with Crippen molar-refractivity contribution in [3.05, 3.63) is 86.6 Å². The Kier molecular flexibility index (Phi) is 8.43. The predicted octanol–water partition coefficient (Wildman–Crippen LogP) is 1.88. The molecule has 1 amide bonds. The normalized spacial score (nSPS) is 11.5. The fraction of sp³-hybridized carbons (Fsp3) is 0.280. The third kappa shape index (κ3) is 6.16. The van der Waals surface area contributed by atoms with Gasteiger partial charge in [-0.05, 0) is 37.1 Å². The number of carbonyl (C=O) groups is 1. The predicted molar refractivity (Wildman–Crippen MR) is 131 cm³/mol. The van der Waals surface area contributed by atoms with Gasteiger partial charge in [0.15, 0.2) is 11.8 Å². The number of hydrogen-bond donors (Lipinski definition) is 2. The molecular formula is C25H27N5O5. The smallest absolute Gasteiger partial charge is 0.330 e. The van der Waals surface area contributed by atoms with Crippen LogP contribution in [-0.4, -0.2) is 41.8 Å². The molecule has 0 spiro atoms. The largest absolute Gasteiger partial charge is 0.481 e. The van der Waals surface area contributed by atoms with E-state index < -0.39 is 23.3 Å². The number of aromatic nitrogens is 2. The minimum absolute atomic E-state index is 0.107. The van der Waals surface area contributed by atoms with Crippen molar-refractivity contribution in [1.29, 1.82) is 5.26 Å². The number of hydrogen-bond acceptors (Lipinski definition) is 7. The second kappa shape index (κ2) is 11.7. The van der Waals surface area contributed by atoms with Gasteiger partial charge >= 0.3 is 5.69 Å². The summed E-state index contributed by atoms with van der Waals surface area (Å²) in [5.41, 5.74) is 5.89. The highest BCUT2D eigenvalue weighted by atomic mass is 16.5. The summed E-state index contributed by atoms with van der Waals surface area (Å²) in [4.78, 5) is 42.4. The first-order valence-corrected chi connectivity index (χ1v) is 11.0. The Morgan fingerprint density at radius 1 is 1.20 bits per heavy atom. The van der Waals surface area contributed by atoms with Crippen LogP contribution in [0, 0.1) is 11.3 Å². The number of carbonyl (C=O) groups excluding carboxylic acids is 1. The topological polar surface area (TPSA) is 143 Å². The maximum atomic E-state index is 13.5. The average Bonchev–Trinajstić information content (AvgIpc) is 2.86. The minimum atomic E-state index is -1.01. The molecule has 0 radical (unpaired) electrons. The van der Waals surface area contributed by atoms with E-state index in [0.717, 1.165) is 5.56 Å². The van der Waals surface area contributed by atoms with Gasteiger partial charge in [-0.1, -0.05) is 36.4 Å². The molecule has 10 heteroatoms. The molecule has 0 fully saturated rings. The third-order valence-corrected chi connectivity index (χ3v) is 5.29. The van der Waals surface area contributed by atoms with E-state index in [1.165, 1.54) is 29.6 Å². The van der Waals surface area contributed by atoms with Crippen LogP contribution in [0.2, 0.25) is 0 Å². The minimum Gasteiger partial charge on any atom is -0.481 e. The first-order chi connectivity index (χ1) is 16.8. The van der Waals surface area contributed by atoms with E-state index in [0.29, 0.717) is 24.3 Å². The molecule has 1 unspecified atom stereocenters. The van der Waals surface area contributed by atoms with Gasteiger partial charge in [-0.2, -0.15) is 5.26 Å². The monoisotopic (exact) mass is 477 g/mol. The van der Waals surface area contributed by atoms with Crippen molar-refractivity contribution < 1.29 is 14.3 Å². The van der Waals surface area contributed by atoms with Gasteiger partial charge in [-0.3, -0.25) is 19.1 Å². The molecule has 1 atom stereocenters. The van der Waals surface area contributed by atoms with Crippen LogP contribution in [0.25, 0.3) is 0 Å². The maximum absolute atomic E-state index is 13.5. The first kappa shape index (κ1) is 25.3. The highest BCUT2D eigenvalue weighted by Crippen LogP contribution is 2.21. The number of nitrogens with one attached hydrogen (secondary N) is 1. The molecule has 35 heavy (non-hydrogen) atoms. The lowest BCUT2D eigenvalue weighted by atomic mass is 10.2. The molecule has 10 nitrogen and oxygen atoms in total. The quantitative estimate of drug-likeness (QED) is 0.424. The highest BCUT2D eigenvalue weighted by Gasteiger charge is 2.28. The van der Waals surface area contributed by atoms with E-state index in [2.05, 4.69) is 4.98 Å². The van der Waals surface area contributed by atoms with Crippen molar-refractivity contribution in [1.82, 2.24) is 9.55 Å². The van der Waals surface area contributed by atoms with Crippen molar-refractivity contribution in [3.8, 4) is 11.8 Å². The molecule has 0 saturated heterocycles. The van der Waals surface area contributed by atoms with Crippen molar-refractivity contribution in [2.75, 3.05) is 30.9 Å². The number of nitrogen functional groups attached to an aromatic ring is 1. The van der Waals surface area contributed by atoms with Crippen molar-refractivity contribution >= 4 is 17.4 Å². The van der Waals surface area contributed by atoms with E-state index in [1.54, 1.807) is 18.2 Å². The van der Waals surface area contributed by atoms with Crippen LogP contribution in [-0.2, 0) is 16.1 Å². The van der Waals surface area contributed by atoms with Crippen LogP contribution in [0.3, 0.4) is 0 Å². The summed E-state index contributed by atoms with van der Waals surface area (Å²) < 4.78 is 12.1. The molecule has 182 valence electrons. The van der Waals surface area contributed by atoms with Gasteiger partial charge in [-0.15, -0.1) is 0 Å². The Labute approximate surface area is 202 Å². The van der Waals surface area contributed by atoms with Gasteiger partial charge in [0.05, 0.1) is 18.2 Å². The molecule has 0 saturated carbocycles. The van der Waals surface area contributed by atoms with Gasteiger partial charge < -0.3 is 20.1 Å². The van der Waals surface area contributed by atoms with Gasteiger partial charge in [0.1, 0.15) is 11.6 Å². The molecule has 0 aliphatic rings. The Bertz CT molecular complexity index is 1330. The van der Waals surface area contributed by atoms with Crippen molar-refractivity contribution in [2.24, 2.45) is 0 Å². The lowest BCUT2D eigenvalue weighted by molar-refractivity contribution is -0.124. The summed E-state index contributed by atoms with van der Waals surface area (Å²) >= 11 is 0. The second-order valence-electron chi connectivity index (χ2n) is 7.80. The zero-order chi connectivity index (χ0) is 25.4. The summed E-state index contributed by atoms with van der Waals surface area (Å²) in [5.74, 6) is -0.338. The highest BCUT2D eigenvalue weighted by molar-refractivity contribution is 5.98. The number of anilines is 2. The zero-order valence-corrected chi connectivity index (χ0v) is 19.6. The lowest BCUT2D eigenvalue weighted by Crippen LogP contribution is -2.46. The number of nitrogens with two attached hydrogens (primary N) is 1. The molecule has 0 bridgehead atoms. The second-order valence-corrected chi connectivity index (χ2v) is 7.80. The first-order valence-electron chi connectivity index (χ1n) is 11.0. The molecule has 3 aromatic rings. The van der Waals surface area contributed by atoms with Crippen LogP contribution in [0.4, 0.5) is 11.5 Å². The number of aromatic amines is 1. The molecule has 0 aliphatic heterocycles. The maximum Gasteiger partial charge on any atom is 0.330 e. The Morgan fingerprint density at radius 3 is 2.63 bits per heavy atom. The summed E-state index contributed by atoms with van der Waals surface area (Å²) in [6, 6.07) is 17.6. The van der Waals surface area contributed by atoms with Crippen LogP contribution >= 0.6 is 0 Å². The fourth-order valence-electron chi connectivity index (χ4n) is 3.57. The number of benzene rings is 2. The van der Waals surface area contributed by atoms with Crippen LogP contribution in [0.1, 0.15) is 24.5 Å². The number of nitriles is 1. The third-order valence-electron chi connectivity index (χ3n) is 5.29. The van der Waals surface area contributed by atoms with Gasteiger partial charge in [0, 0.05) is 20.3 Å². The van der Waals surface area contributed by atoms with E-state index in [9.17, 15) is 14.4 Å². The Morgan fingerprint density at radius 2 is 1.94 bits per heavy atom. The molecule has 3 rings (SSSR count). The molecule has 2 aromatic carbocycles. The summed E-state index contributed by atoms with van der Waals surface area (Å²) in [7, 11) is 1.53. The summed E-state index contributed by atoms with van der Waals surface area (Å²) in [6.07, 6.45) is -0.602. The van der Waals surface area contributed by atoms with Gasteiger partial charge in [0.2, 0.25) is 0 Å². The molecule has 1 aromatic heterocycles. The molecule has 0 aliphatic carbocycles. The van der Waals surface area contributed by atoms with E-state index in [4.69, 9.17) is 20.5 Å². The summed E-state index contributed by atoms with van der Waals surface area (Å²) in [6.45, 7) is 2.09. The van der Waals surface area contributed by atoms with Crippen LogP contribution in [0.5, 0.6) is 5.75 Å². The molecule has 1 heterocycles. The summed E-state index contributed by atoms with van der Waals surface area (Å²) in [5, 5.41) is 9.11. The number of H-pyrrole nitrogens is 1. The number of methoxy groups -OCH3 is 1. The van der Waals surface area contributed by atoms with E-state index in [-0.39, 0.29) is 24.6 Å². The van der Waals surface area contributed by atoms with Crippen molar-refractivity contribution in [3.63, 3.8) is 0 Å². The van der Waals surface area contributed by atoms with Crippen molar-refractivity contribution in [2.45, 2.75) is 26.0 Å². The zero-order valence-electron chi connectivity index (χ0n) is 19.6. The lowest BCUT2D eigenvalue weighted by Gasteiger charge is -2.27. The Balaban J connectivity index is 1.98. The number of nitrogens with zero attached hydrogens (tertiary/aromatic N) is 3. The molecular weight excluding hydrogens is 450 g/mol.